The predicted molar refractivity (Wildman–Crippen MR) is 73.8 cm³/mol. The van der Waals surface area contributed by atoms with E-state index in [1.807, 2.05) is 30.6 Å². The number of aromatic nitrogens is 1. The van der Waals surface area contributed by atoms with E-state index in [1.165, 1.54) is 16.9 Å². The predicted octanol–water partition coefficient (Wildman–Crippen LogP) is 2.85. The minimum Gasteiger partial charge on any atom is -0.302 e. The lowest BCUT2D eigenvalue weighted by molar-refractivity contribution is 0.0967. The number of rotatable bonds is 6. The molecule has 1 heterocycles. The second-order valence-corrected chi connectivity index (χ2v) is 5.13. The molecule has 4 heteroatoms. The Morgan fingerprint density at radius 1 is 1.33 bits per heavy atom. The van der Waals surface area contributed by atoms with Crippen molar-refractivity contribution < 1.29 is 4.79 Å². The fourth-order valence-electron chi connectivity index (χ4n) is 1.73. The fourth-order valence-corrected chi connectivity index (χ4v) is 2.34. The summed E-state index contributed by atoms with van der Waals surface area (Å²) in [6.07, 6.45) is 2.20. The summed E-state index contributed by atoms with van der Waals surface area (Å²) in [6.45, 7) is 1.62. The number of Topliss-reactive ketones (excluding diaryl/α,β-unsaturated/α-hetero) is 1. The van der Waals surface area contributed by atoms with E-state index in [4.69, 9.17) is 0 Å². The van der Waals surface area contributed by atoms with Gasteiger partial charge < -0.3 is 4.90 Å². The second-order valence-electron chi connectivity index (χ2n) is 4.23. The lowest BCUT2D eigenvalue weighted by Crippen LogP contribution is -2.21. The van der Waals surface area contributed by atoms with Crippen molar-refractivity contribution >= 4 is 17.1 Å². The molecule has 94 valence electrons. The molecule has 0 spiro atoms. The molecule has 18 heavy (non-hydrogen) atoms. The Balaban J connectivity index is 1.78. The highest BCUT2D eigenvalue weighted by Crippen LogP contribution is 2.08. The zero-order valence-electron chi connectivity index (χ0n) is 10.4. The van der Waals surface area contributed by atoms with Gasteiger partial charge in [-0.15, -0.1) is 11.3 Å². The zero-order valence-corrected chi connectivity index (χ0v) is 11.2. The fraction of sp³-hybridized carbons (Fsp3) is 0.286. The van der Waals surface area contributed by atoms with Gasteiger partial charge in [-0.1, -0.05) is 30.3 Å². The molecule has 0 aliphatic carbocycles. The Kier molecular flexibility index (Phi) is 4.61. The number of hydrogen-bond acceptors (Lipinski definition) is 4. The van der Waals surface area contributed by atoms with Gasteiger partial charge in [0.1, 0.15) is 0 Å². The Morgan fingerprint density at radius 3 is 2.78 bits per heavy atom. The second kappa shape index (κ2) is 6.42. The van der Waals surface area contributed by atoms with Gasteiger partial charge in [-0.2, -0.15) is 0 Å². The molecule has 0 atom stereocenters. The number of carbonyl (C=O) groups is 1. The Hall–Kier alpha value is -1.52. The lowest BCUT2D eigenvalue weighted by atomic mass is 10.2. The molecule has 1 aromatic carbocycles. The van der Waals surface area contributed by atoms with Crippen molar-refractivity contribution in [2.75, 3.05) is 13.6 Å². The topological polar surface area (TPSA) is 33.2 Å². The third kappa shape index (κ3) is 3.75. The standard InChI is InChI=1S/C14H16N2OS/c1-16(11-12-5-3-2-4-6-12)9-7-13(17)14-15-8-10-18-14/h2-6,8,10H,7,9,11H2,1H3. The van der Waals surface area contributed by atoms with Crippen LogP contribution in [0.4, 0.5) is 0 Å². The summed E-state index contributed by atoms with van der Waals surface area (Å²) < 4.78 is 0. The molecule has 3 nitrogen and oxygen atoms in total. The molecule has 0 radical (unpaired) electrons. The maximum Gasteiger partial charge on any atom is 0.192 e. The van der Waals surface area contributed by atoms with Crippen LogP contribution in [0.5, 0.6) is 0 Å². The van der Waals surface area contributed by atoms with Crippen LogP contribution in [0.2, 0.25) is 0 Å². The number of benzene rings is 1. The summed E-state index contributed by atoms with van der Waals surface area (Å²) in [5, 5.41) is 2.45. The van der Waals surface area contributed by atoms with E-state index < -0.39 is 0 Å². The highest BCUT2D eigenvalue weighted by atomic mass is 32.1. The molecule has 0 saturated carbocycles. The van der Waals surface area contributed by atoms with Gasteiger partial charge >= 0.3 is 0 Å². The number of carbonyl (C=O) groups excluding carboxylic acids is 1. The Bertz CT molecular complexity index is 482. The van der Waals surface area contributed by atoms with Gasteiger partial charge in [0.2, 0.25) is 0 Å². The van der Waals surface area contributed by atoms with Crippen molar-refractivity contribution in [3.8, 4) is 0 Å². The largest absolute Gasteiger partial charge is 0.302 e. The van der Waals surface area contributed by atoms with Gasteiger partial charge in [0, 0.05) is 31.1 Å². The molecule has 2 aromatic rings. The molecule has 2 rings (SSSR count). The van der Waals surface area contributed by atoms with Gasteiger partial charge in [0.25, 0.3) is 0 Å². The Labute approximate surface area is 111 Å². The van der Waals surface area contributed by atoms with E-state index in [1.54, 1.807) is 6.20 Å². The summed E-state index contributed by atoms with van der Waals surface area (Å²) in [5.74, 6) is 0.130. The lowest BCUT2D eigenvalue weighted by Gasteiger charge is -2.15. The van der Waals surface area contributed by atoms with Crippen molar-refractivity contribution in [2.45, 2.75) is 13.0 Å². The molecule has 0 N–H and O–H groups in total. The van der Waals surface area contributed by atoms with Gasteiger partial charge in [0.15, 0.2) is 10.8 Å². The van der Waals surface area contributed by atoms with Crippen LogP contribution in [0.3, 0.4) is 0 Å². The van der Waals surface area contributed by atoms with Crippen LogP contribution < -0.4 is 0 Å². The van der Waals surface area contributed by atoms with Crippen molar-refractivity contribution in [3.63, 3.8) is 0 Å². The van der Waals surface area contributed by atoms with Crippen LogP contribution in [0.15, 0.2) is 41.9 Å². The first-order chi connectivity index (χ1) is 8.75. The first kappa shape index (κ1) is 12.9. The maximum atomic E-state index is 11.8. The Morgan fingerprint density at radius 2 is 2.11 bits per heavy atom. The summed E-state index contributed by atoms with van der Waals surface area (Å²) >= 11 is 1.41. The number of hydrogen-bond donors (Lipinski definition) is 0. The average Bonchev–Trinajstić information content (AvgIpc) is 2.91. The highest BCUT2D eigenvalue weighted by Gasteiger charge is 2.09. The number of ketones is 1. The number of nitrogens with zero attached hydrogens (tertiary/aromatic N) is 2. The van der Waals surface area contributed by atoms with Gasteiger partial charge in [0.05, 0.1) is 0 Å². The van der Waals surface area contributed by atoms with E-state index in [2.05, 4.69) is 22.0 Å². The van der Waals surface area contributed by atoms with Crippen LogP contribution >= 0.6 is 11.3 Å². The molecule has 1 aromatic heterocycles. The van der Waals surface area contributed by atoms with E-state index in [0.29, 0.717) is 11.4 Å². The van der Waals surface area contributed by atoms with Crippen LogP contribution in [-0.4, -0.2) is 29.3 Å². The summed E-state index contributed by atoms with van der Waals surface area (Å²) in [6, 6.07) is 10.3. The summed E-state index contributed by atoms with van der Waals surface area (Å²) in [4.78, 5) is 18.0. The van der Waals surface area contributed by atoms with Crippen LogP contribution in [0.1, 0.15) is 21.8 Å². The average molecular weight is 260 g/mol. The first-order valence-corrected chi connectivity index (χ1v) is 6.79. The van der Waals surface area contributed by atoms with Crippen molar-refractivity contribution in [1.29, 1.82) is 0 Å². The third-order valence-corrected chi connectivity index (χ3v) is 3.50. The monoisotopic (exact) mass is 260 g/mol. The van der Waals surface area contributed by atoms with Gasteiger partial charge in [-0.25, -0.2) is 4.98 Å². The van der Waals surface area contributed by atoms with E-state index in [-0.39, 0.29) is 5.78 Å². The minimum absolute atomic E-state index is 0.130. The quantitative estimate of drug-likeness (QED) is 0.749. The van der Waals surface area contributed by atoms with Crippen molar-refractivity contribution in [2.24, 2.45) is 0 Å². The van der Waals surface area contributed by atoms with Gasteiger partial charge in [-0.05, 0) is 12.6 Å². The SMILES string of the molecule is CN(CCC(=O)c1nccs1)Cc1ccccc1. The molecule has 0 fully saturated rings. The van der Waals surface area contributed by atoms with E-state index in [9.17, 15) is 4.79 Å². The molecular weight excluding hydrogens is 244 g/mol. The maximum absolute atomic E-state index is 11.8. The molecule has 0 bridgehead atoms. The van der Waals surface area contributed by atoms with Gasteiger partial charge in [-0.3, -0.25) is 4.79 Å². The molecule has 0 saturated heterocycles. The zero-order chi connectivity index (χ0) is 12.8. The van der Waals surface area contributed by atoms with Crippen molar-refractivity contribution in [1.82, 2.24) is 9.88 Å². The molecule has 0 aliphatic heterocycles. The van der Waals surface area contributed by atoms with Crippen LogP contribution in [0, 0.1) is 0 Å². The van der Waals surface area contributed by atoms with E-state index >= 15 is 0 Å². The summed E-state index contributed by atoms with van der Waals surface area (Å²) in [7, 11) is 2.03. The third-order valence-electron chi connectivity index (χ3n) is 2.69. The first-order valence-electron chi connectivity index (χ1n) is 5.91. The molecule has 0 amide bonds. The molecule has 0 aliphatic rings. The van der Waals surface area contributed by atoms with Crippen LogP contribution in [-0.2, 0) is 6.54 Å². The van der Waals surface area contributed by atoms with Crippen molar-refractivity contribution in [3.05, 3.63) is 52.5 Å². The summed E-state index contributed by atoms with van der Waals surface area (Å²) in [5.41, 5.74) is 1.27. The highest BCUT2D eigenvalue weighted by molar-refractivity contribution is 7.11. The minimum atomic E-state index is 0.130. The van der Waals surface area contributed by atoms with E-state index in [0.717, 1.165) is 13.1 Å². The number of thiazole rings is 1. The smallest absolute Gasteiger partial charge is 0.192 e. The normalized spacial score (nSPS) is 10.8. The molecule has 0 unspecified atom stereocenters. The van der Waals surface area contributed by atoms with Crippen LogP contribution in [0.25, 0.3) is 0 Å². The molecular formula is C14H16N2OS.